The van der Waals surface area contributed by atoms with Crippen molar-refractivity contribution in [3.63, 3.8) is 0 Å². The van der Waals surface area contributed by atoms with Crippen LogP contribution in [0.15, 0.2) is 24.3 Å². The van der Waals surface area contributed by atoms with Crippen LogP contribution in [-0.2, 0) is 4.74 Å². The van der Waals surface area contributed by atoms with Crippen LogP contribution in [0, 0.1) is 5.82 Å². The molecule has 1 aliphatic heterocycles. The number of hydrogen-bond acceptors (Lipinski definition) is 3. The van der Waals surface area contributed by atoms with Gasteiger partial charge >= 0.3 is 0 Å². The van der Waals surface area contributed by atoms with Gasteiger partial charge in [0.05, 0.1) is 18.8 Å². The highest BCUT2D eigenvalue weighted by atomic mass is 19.1. The van der Waals surface area contributed by atoms with Crippen LogP contribution in [-0.4, -0.2) is 29.0 Å². The van der Waals surface area contributed by atoms with Gasteiger partial charge in [-0.3, -0.25) is 0 Å². The van der Waals surface area contributed by atoms with Crippen molar-refractivity contribution in [3.8, 4) is 0 Å². The highest BCUT2D eigenvalue weighted by Gasteiger charge is 2.29. The maximum absolute atomic E-state index is 12.7. The highest BCUT2D eigenvalue weighted by molar-refractivity contribution is 5.19. The van der Waals surface area contributed by atoms with E-state index in [1.54, 1.807) is 12.1 Å². The standard InChI is InChI=1S/C12H15FO3/c13-9-3-1-8(2-4-9)11-6-5-10(15)12(7-14)16-11/h1-4,10-12,14-15H,5-7H2/t10-,11+,12+/m0/s1. The maximum Gasteiger partial charge on any atom is 0.123 e. The lowest BCUT2D eigenvalue weighted by molar-refractivity contribution is -0.135. The SMILES string of the molecule is OC[C@H]1O[C@@H](c2ccc(F)cc2)CC[C@@H]1O. The van der Waals surface area contributed by atoms with Crippen LogP contribution in [0.2, 0.25) is 0 Å². The average Bonchev–Trinajstić information content (AvgIpc) is 2.31. The molecule has 4 heteroatoms. The first-order valence-corrected chi connectivity index (χ1v) is 5.40. The Bertz CT molecular complexity index is 339. The molecule has 88 valence electrons. The summed E-state index contributed by atoms with van der Waals surface area (Å²) in [6.45, 7) is -0.196. The smallest absolute Gasteiger partial charge is 0.123 e. The van der Waals surface area contributed by atoms with E-state index in [1.165, 1.54) is 12.1 Å². The number of hydrogen-bond donors (Lipinski definition) is 2. The summed E-state index contributed by atoms with van der Waals surface area (Å²) < 4.78 is 18.3. The zero-order valence-corrected chi connectivity index (χ0v) is 8.84. The lowest BCUT2D eigenvalue weighted by Crippen LogP contribution is -2.38. The molecule has 0 spiro atoms. The van der Waals surface area contributed by atoms with Gasteiger partial charge in [0, 0.05) is 0 Å². The molecule has 1 aliphatic rings. The van der Waals surface area contributed by atoms with Gasteiger partial charge in [0.25, 0.3) is 0 Å². The largest absolute Gasteiger partial charge is 0.394 e. The maximum atomic E-state index is 12.7. The second kappa shape index (κ2) is 4.91. The van der Waals surface area contributed by atoms with Gasteiger partial charge in [-0.15, -0.1) is 0 Å². The summed E-state index contributed by atoms with van der Waals surface area (Å²) in [5.41, 5.74) is 0.881. The molecule has 0 unspecified atom stereocenters. The monoisotopic (exact) mass is 226 g/mol. The molecule has 1 aromatic rings. The van der Waals surface area contributed by atoms with Gasteiger partial charge in [0.1, 0.15) is 11.9 Å². The fraction of sp³-hybridized carbons (Fsp3) is 0.500. The van der Waals surface area contributed by atoms with Gasteiger partial charge in [0.15, 0.2) is 0 Å². The van der Waals surface area contributed by atoms with Crippen molar-refractivity contribution in [2.75, 3.05) is 6.61 Å². The van der Waals surface area contributed by atoms with Crippen LogP contribution in [0.5, 0.6) is 0 Å². The van der Waals surface area contributed by atoms with Gasteiger partial charge in [-0.1, -0.05) is 12.1 Å². The third-order valence-corrected chi connectivity index (χ3v) is 2.91. The number of aliphatic hydroxyl groups is 2. The van der Waals surface area contributed by atoms with Crippen LogP contribution in [0.3, 0.4) is 0 Å². The predicted molar refractivity (Wildman–Crippen MR) is 56.3 cm³/mol. The van der Waals surface area contributed by atoms with E-state index < -0.39 is 12.2 Å². The molecule has 3 atom stereocenters. The molecule has 0 aliphatic carbocycles. The quantitative estimate of drug-likeness (QED) is 0.801. The van der Waals surface area contributed by atoms with Crippen molar-refractivity contribution in [2.24, 2.45) is 0 Å². The Labute approximate surface area is 93.5 Å². The Hall–Kier alpha value is -0.970. The molecule has 1 aromatic carbocycles. The first-order valence-electron chi connectivity index (χ1n) is 5.40. The Morgan fingerprint density at radius 2 is 1.94 bits per heavy atom. The van der Waals surface area contributed by atoms with Crippen LogP contribution in [0.4, 0.5) is 4.39 Å². The van der Waals surface area contributed by atoms with Gasteiger partial charge in [0.2, 0.25) is 0 Å². The van der Waals surface area contributed by atoms with Gasteiger partial charge in [-0.2, -0.15) is 0 Å². The molecule has 0 aromatic heterocycles. The van der Waals surface area contributed by atoms with Crippen molar-refractivity contribution < 1.29 is 19.3 Å². The number of benzene rings is 1. The topological polar surface area (TPSA) is 49.7 Å². The van der Waals surface area contributed by atoms with E-state index in [9.17, 15) is 9.50 Å². The van der Waals surface area contributed by atoms with E-state index in [2.05, 4.69) is 0 Å². The molecule has 0 saturated carbocycles. The van der Waals surface area contributed by atoms with Gasteiger partial charge < -0.3 is 14.9 Å². The Kier molecular flexibility index (Phi) is 3.53. The molecule has 1 fully saturated rings. The zero-order chi connectivity index (χ0) is 11.5. The summed E-state index contributed by atoms with van der Waals surface area (Å²) in [5.74, 6) is -0.279. The van der Waals surface area contributed by atoms with Crippen LogP contribution < -0.4 is 0 Å². The lowest BCUT2D eigenvalue weighted by atomic mass is 9.96. The molecule has 3 nitrogen and oxygen atoms in total. The minimum atomic E-state index is -0.610. The zero-order valence-electron chi connectivity index (χ0n) is 8.84. The average molecular weight is 226 g/mol. The minimum absolute atomic E-state index is 0.166. The Balaban J connectivity index is 2.08. The number of ether oxygens (including phenoxy) is 1. The second-order valence-corrected chi connectivity index (χ2v) is 4.04. The Morgan fingerprint density at radius 3 is 2.56 bits per heavy atom. The number of rotatable bonds is 2. The summed E-state index contributed by atoms with van der Waals surface area (Å²) >= 11 is 0. The third-order valence-electron chi connectivity index (χ3n) is 2.91. The first kappa shape index (κ1) is 11.5. The lowest BCUT2D eigenvalue weighted by Gasteiger charge is -2.33. The molecule has 0 radical (unpaired) electrons. The van der Waals surface area contributed by atoms with Gasteiger partial charge in [-0.05, 0) is 30.5 Å². The number of halogens is 1. The normalized spacial score (nSPS) is 30.3. The molecule has 2 N–H and O–H groups in total. The van der Waals surface area contributed by atoms with Crippen LogP contribution in [0.1, 0.15) is 24.5 Å². The van der Waals surface area contributed by atoms with E-state index in [4.69, 9.17) is 9.84 Å². The van der Waals surface area contributed by atoms with Gasteiger partial charge in [-0.25, -0.2) is 4.39 Å². The van der Waals surface area contributed by atoms with Crippen molar-refractivity contribution in [1.82, 2.24) is 0 Å². The van der Waals surface area contributed by atoms with Crippen molar-refractivity contribution in [2.45, 2.75) is 31.2 Å². The fourth-order valence-corrected chi connectivity index (χ4v) is 1.97. The molecule has 0 bridgehead atoms. The first-order chi connectivity index (χ1) is 7.70. The summed E-state index contributed by atoms with van der Waals surface area (Å²) in [7, 11) is 0. The molecule has 1 saturated heterocycles. The van der Waals surface area contributed by atoms with E-state index in [0.717, 1.165) is 5.56 Å². The van der Waals surface area contributed by atoms with E-state index in [0.29, 0.717) is 12.8 Å². The molecular weight excluding hydrogens is 211 g/mol. The minimum Gasteiger partial charge on any atom is -0.394 e. The molecule has 16 heavy (non-hydrogen) atoms. The predicted octanol–water partition coefficient (Wildman–Crippen LogP) is 1.40. The summed E-state index contributed by atoms with van der Waals surface area (Å²) in [4.78, 5) is 0. The van der Waals surface area contributed by atoms with E-state index in [-0.39, 0.29) is 18.5 Å². The van der Waals surface area contributed by atoms with E-state index >= 15 is 0 Å². The number of aliphatic hydroxyl groups excluding tert-OH is 2. The highest BCUT2D eigenvalue weighted by Crippen LogP contribution is 2.31. The van der Waals surface area contributed by atoms with Crippen molar-refractivity contribution >= 4 is 0 Å². The van der Waals surface area contributed by atoms with Crippen molar-refractivity contribution in [1.29, 1.82) is 0 Å². The van der Waals surface area contributed by atoms with E-state index in [1.807, 2.05) is 0 Å². The molecule has 0 amide bonds. The molecular formula is C12H15FO3. The summed E-state index contributed by atoms with van der Waals surface area (Å²) in [6, 6.07) is 6.12. The second-order valence-electron chi connectivity index (χ2n) is 4.04. The van der Waals surface area contributed by atoms with Crippen LogP contribution >= 0.6 is 0 Å². The molecule has 1 heterocycles. The van der Waals surface area contributed by atoms with Crippen molar-refractivity contribution in [3.05, 3.63) is 35.6 Å². The third kappa shape index (κ3) is 2.40. The summed E-state index contributed by atoms with van der Waals surface area (Å²) in [6.07, 6.45) is -0.0389. The Morgan fingerprint density at radius 1 is 1.25 bits per heavy atom. The fourth-order valence-electron chi connectivity index (χ4n) is 1.97. The van der Waals surface area contributed by atoms with Crippen LogP contribution in [0.25, 0.3) is 0 Å². The molecule has 2 rings (SSSR count). The summed E-state index contributed by atoms with van der Waals surface area (Å²) in [5, 5.41) is 18.6.